The maximum atomic E-state index is 4.36. The van der Waals surface area contributed by atoms with E-state index in [-0.39, 0.29) is 0 Å². The average Bonchev–Trinajstić information content (AvgIpc) is 2.12. The molecule has 2 rings (SSSR count). The highest BCUT2D eigenvalue weighted by atomic mass is 32.1. The van der Waals surface area contributed by atoms with Crippen LogP contribution in [0.15, 0.2) is 5.51 Å². The standard InChI is InChI=1S/C8H11NS/c1-6-8(9-5-10-6)7-3-2-4-7/h5,7H,2-4H2,1H3. The molecular weight excluding hydrogens is 142 g/mol. The lowest BCUT2D eigenvalue weighted by molar-refractivity contribution is 0.411. The molecule has 1 aliphatic carbocycles. The molecule has 0 bridgehead atoms. The van der Waals surface area contributed by atoms with Crippen molar-refractivity contribution in [2.45, 2.75) is 32.1 Å². The second-order valence-corrected chi connectivity index (χ2v) is 3.98. The summed E-state index contributed by atoms with van der Waals surface area (Å²) < 4.78 is 0. The van der Waals surface area contributed by atoms with E-state index in [9.17, 15) is 0 Å². The van der Waals surface area contributed by atoms with Crippen LogP contribution in [0.3, 0.4) is 0 Å². The van der Waals surface area contributed by atoms with Gasteiger partial charge < -0.3 is 0 Å². The Bertz CT molecular complexity index is 225. The van der Waals surface area contributed by atoms with E-state index < -0.39 is 0 Å². The Morgan fingerprint density at radius 2 is 2.40 bits per heavy atom. The van der Waals surface area contributed by atoms with Crippen LogP contribution in [0.4, 0.5) is 0 Å². The summed E-state index contributed by atoms with van der Waals surface area (Å²) in [7, 11) is 0. The minimum atomic E-state index is 0.811. The first kappa shape index (κ1) is 6.35. The van der Waals surface area contributed by atoms with Gasteiger partial charge >= 0.3 is 0 Å². The van der Waals surface area contributed by atoms with Crippen LogP contribution >= 0.6 is 11.3 Å². The van der Waals surface area contributed by atoms with Gasteiger partial charge in [0.05, 0.1) is 11.2 Å². The highest BCUT2D eigenvalue weighted by Crippen LogP contribution is 2.37. The molecule has 1 aliphatic rings. The van der Waals surface area contributed by atoms with Crippen LogP contribution in [0.25, 0.3) is 0 Å². The third kappa shape index (κ3) is 0.870. The third-order valence-corrected chi connectivity index (χ3v) is 3.05. The zero-order valence-corrected chi connectivity index (χ0v) is 6.95. The molecule has 1 saturated carbocycles. The van der Waals surface area contributed by atoms with Crippen LogP contribution in [0, 0.1) is 6.92 Å². The van der Waals surface area contributed by atoms with Gasteiger partial charge in [-0.1, -0.05) is 6.42 Å². The lowest BCUT2D eigenvalue weighted by Gasteiger charge is -2.23. The number of rotatable bonds is 1. The first-order chi connectivity index (χ1) is 4.88. The van der Waals surface area contributed by atoms with Crippen LogP contribution in [0.1, 0.15) is 35.8 Å². The monoisotopic (exact) mass is 153 g/mol. The predicted molar refractivity (Wildman–Crippen MR) is 43.4 cm³/mol. The molecule has 1 fully saturated rings. The fraction of sp³-hybridized carbons (Fsp3) is 0.625. The first-order valence-corrected chi connectivity index (χ1v) is 4.66. The highest BCUT2D eigenvalue weighted by Gasteiger charge is 2.22. The van der Waals surface area contributed by atoms with Crippen molar-refractivity contribution in [3.8, 4) is 0 Å². The zero-order valence-electron chi connectivity index (χ0n) is 6.13. The number of hydrogen-bond acceptors (Lipinski definition) is 2. The molecule has 10 heavy (non-hydrogen) atoms. The topological polar surface area (TPSA) is 12.9 Å². The van der Waals surface area contributed by atoms with E-state index in [1.165, 1.54) is 29.8 Å². The fourth-order valence-electron chi connectivity index (χ4n) is 1.39. The van der Waals surface area contributed by atoms with Crippen molar-refractivity contribution in [2.24, 2.45) is 0 Å². The van der Waals surface area contributed by atoms with E-state index in [2.05, 4.69) is 11.9 Å². The lowest BCUT2D eigenvalue weighted by atomic mass is 9.83. The van der Waals surface area contributed by atoms with Crippen LogP contribution in [0.5, 0.6) is 0 Å². The van der Waals surface area contributed by atoms with Gasteiger partial charge in [0.15, 0.2) is 0 Å². The highest BCUT2D eigenvalue weighted by molar-refractivity contribution is 7.09. The molecule has 1 aromatic heterocycles. The molecule has 0 saturated heterocycles. The average molecular weight is 153 g/mol. The van der Waals surface area contributed by atoms with E-state index in [1.54, 1.807) is 11.3 Å². The number of aryl methyl sites for hydroxylation is 1. The van der Waals surface area contributed by atoms with E-state index in [0.717, 1.165) is 5.92 Å². The quantitative estimate of drug-likeness (QED) is 0.604. The lowest BCUT2D eigenvalue weighted by Crippen LogP contribution is -2.09. The Hall–Kier alpha value is -0.370. The molecule has 2 heteroatoms. The summed E-state index contributed by atoms with van der Waals surface area (Å²) in [5, 5.41) is 0. The summed E-state index contributed by atoms with van der Waals surface area (Å²) in [6, 6.07) is 0. The number of hydrogen-bond donors (Lipinski definition) is 0. The Kier molecular flexibility index (Phi) is 1.49. The van der Waals surface area contributed by atoms with Gasteiger partial charge in [-0.15, -0.1) is 11.3 Å². The van der Waals surface area contributed by atoms with Gasteiger partial charge in [-0.2, -0.15) is 0 Å². The first-order valence-electron chi connectivity index (χ1n) is 3.78. The largest absolute Gasteiger partial charge is 0.249 e. The van der Waals surface area contributed by atoms with Crippen LogP contribution in [0.2, 0.25) is 0 Å². The van der Waals surface area contributed by atoms with E-state index in [1.807, 2.05) is 5.51 Å². The summed E-state index contributed by atoms with van der Waals surface area (Å²) in [6.45, 7) is 2.17. The Morgan fingerprint density at radius 3 is 2.80 bits per heavy atom. The molecule has 0 aliphatic heterocycles. The summed E-state index contributed by atoms with van der Waals surface area (Å²) in [4.78, 5) is 5.78. The van der Waals surface area contributed by atoms with E-state index in [4.69, 9.17) is 0 Å². The van der Waals surface area contributed by atoms with Gasteiger partial charge in [-0.25, -0.2) is 4.98 Å². The van der Waals surface area contributed by atoms with Crippen LogP contribution in [-0.4, -0.2) is 4.98 Å². The number of nitrogens with zero attached hydrogens (tertiary/aromatic N) is 1. The molecule has 1 nitrogen and oxygen atoms in total. The van der Waals surface area contributed by atoms with Gasteiger partial charge in [0, 0.05) is 10.8 Å². The van der Waals surface area contributed by atoms with Crippen molar-refractivity contribution >= 4 is 11.3 Å². The fourth-order valence-corrected chi connectivity index (χ4v) is 2.05. The Balaban J connectivity index is 2.23. The van der Waals surface area contributed by atoms with Crippen molar-refractivity contribution in [2.75, 3.05) is 0 Å². The molecule has 0 aromatic carbocycles. The zero-order chi connectivity index (χ0) is 6.97. The van der Waals surface area contributed by atoms with Gasteiger partial charge in [-0.3, -0.25) is 0 Å². The molecule has 1 heterocycles. The molecular formula is C8H11NS. The minimum Gasteiger partial charge on any atom is -0.249 e. The molecule has 0 amide bonds. The van der Waals surface area contributed by atoms with Crippen LogP contribution < -0.4 is 0 Å². The Labute approximate surface area is 65.1 Å². The van der Waals surface area contributed by atoms with Gasteiger partial charge in [-0.05, 0) is 19.8 Å². The smallest absolute Gasteiger partial charge is 0.0797 e. The minimum absolute atomic E-state index is 0.811. The molecule has 0 spiro atoms. The summed E-state index contributed by atoms with van der Waals surface area (Å²) >= 11 is 1.77. The molecule has 0 N–H and O–H groups in total. The van der Waals surface area contributed by atoms with Gasteiger partial charge in [0.2, 0.25) is 0 Å². The van der Waals surface area contributed by atoms with E-state index in [0.29, 0.717) is 0 Å². The van der Waals surface area contributed by atoms with Crippen molar-refractivity contribution in [1.29, 1.82) is 0 Å². The normalized spacial score (nSPS) is 18.9. The maximum absolute atomic E-state index is 4.36. The summed E-state index contributed by atoms with van der Waals surface area (Å²) in [5.41, 5.74) is 3.33. The summed E-state index contributed by atoms with van der Waals surface area (Å²) in [6.07, 6.45) is 4.14. The van der Waals surface area contributed by atoms with Crippen molar-refractivity contribution in [3.63, 3.8) is 0 Å². The third-order valence-electron chi connectivity index (χ3n) is 2.27. The van der Waals surface area contributed by atoms with Gasteiger partial charge in [0.25, 0.3) is 0 Å². The molecule has 0 atom stereocenters. The number of aromatic nitrogens is 1. The molecule has 54 valence electrons. The van der Waals surface area contributed by atoms with Crippen molar-refractivity contribution < 1.29 is 0 Å². The molecule has 1 aromatic rings. The van der Waals surface area contributed by atoms with Crippen molar-refractivity contribution in [3.05, 3.63) is 16.1 Å². The summed E-state index contributed by atoms with van der Waals surface area (Å²) in [5.74, 6) is 0.811. The predicted octanol–water partition coefficient (Wildman–Crippen LogP) is 2.72. The maximum Gasteiger partial charge on any atom is 0.0797 e. The second-order valence-electron chi connectivity index (χ2n) is 2.92. The molecule has 0 radical (unpaired) electrons. The van der Waals surface area contributed by atoms with Crippen LogP contribution in [-0.2, 0) is 0 Å². The second kappa shape index (κ2) is 2.35. The van der Waals surface area contributed by atoms with Crippen molar-refractivity contribution in [1.82, 2.24) is 4.98 Å². The van der Waals surface area contributed by atoms with Gasteiger partial charge in [0.1, 0.15) is 0 Å². The Morgan fingerprint density at radius 1 is 1.60 bits per heavy atom. The SMILES string of the molecule is Cc1scnc1C1CCC1. The number of thiazole rings is 1. The van der Waals surface area contributed by atoms with E-state index >= 15 is 0 Å². The molecule has 0 unspecified atom stereocenters.